The zero-order valence-corrected chi connectivity index (χ0v) is 13.7. The quantitative estimate of drug-likeness (QED) is 0.492. The van der Waals surface area contributed by atoms with Gasteiger partial charge in [-0.05, 0) is 31.9 Å². The molecule has 0 spiro atoms. The van der Waals surface area contributed by atoms with E-state index in [1.165, 1.54) is 4.79 Å². The van der Waals surface area contributed by atoms with Crippen molar-refractivity contribution in [3.8, 4) is 5.88 Å². The molecule has 2 aromatic rings. The Morgan fingerprint density at radius 3 is 2.14 bits per heavy atom. The Morgan fingerprint density at radius 1 is 1.23 bits per heavy atom. The first-order chi connectivity index (χ1) is 10.1. The number of aromatic nitrogens is 2. The first kappa shape index (κ1) is 17.9. The van der Waals surface area contributed by atoms with Crippen LogP contribution >= 0.6 is 0 Å². The van der Waals surface area contributed by atoms with E-state index in [4.69, 9.17) is 10.6 Å². The predicted octanol–water partition coefficient (Wildman–Crippen LogP) is 0.607. The van der Waals surface area contributed by atoms with Crippen LogP contribution in [0.2, 0.25) is 0 Å². The number of nitrogens with two attached hydrogens (primary N) is 1. The molecule has 0 radical (unpaired) electrons. The van der Waals surface area contributed by atoms with E-state index in [1.54, 1.807) is 51.4 Å². The highest BCUT2D eigenvalue weighted by atomic mass is 32.2. The zero-order chi connectivity index (χ0) is 16.9. The second-order valence-electron chi connectivity index (χ2n) is 4.71. The summed E-state index contributed by atoms with van der Waals surface area (Å²) in [4.78, 5) is 1.11. The Morgan fingerprint density at radius 2 is 1.77 bits per heavy atom. The zero-order valence-electron chi connectivity index (χ0n) is 12.9. The average Bonchev–Trinajstić information content (AvgIpc) is 2.36. The van der Waals surface area contributed by atoms with Crippen LogP contribution in [0.4, 0.5) is 0 Å². The summed E-state index contributed by atoms with van der Waals surface area (Å²) in [5.74, 6) is 5.77. The minimum atomic E-state index is -4.33. The molecular weight excluding hydrogens is 306 g/mol. The molecular formula is C14H19N3O4S. The van der Waals surface area contributed by atoms with Crippen molar-refractivity contribution in [1.82, 2.24) is 5.10 Å². The van der Waals surface area contributed by atoms with Gasteiger partial charge in [0.2, 0.25) is 6.20 Å². The van der Waals surface area contributed by atoms with Gasteiger partial charge in [-0.1, -0.05) is 17.7 Å². The van der Waals surface area contributed by atoms with Crippen LogP contribution < -0.4 is 15.4 Å². The molecule has 1 aromatic heterocycles. The normalized spacial score (nSPS) is 10.6. The topological polar surface area (TPSA) is 109 Å². The lowest BCUT2D eigenvalue weighted by atomic mass is 10.1. The molecule has 0 atom stereocenters. The minimum Gasteiger partial charge on any atom is -0.744 e. The van der Waals surface area contributed by atoms with Crippen molar-refractivity contribution in [1.29, 1.82) is 0 Å². The van der Waals surface area contributed by atoms with Gasteiger partial charge in [0.15, 0.2) is 0 Å². The largest absolute Gasteiger partial charge is 0.744 e. The van der Waals surface area contributed by atoms with Crippen LogP contribution in [0.1, 0.15) is 16.7 Å². The van der Waals surface area contributed by atoms with Gasteiger partial charge in [-0.2, -0.15) is 5.84 Å². The van der Waals surface area contributed by atoms with E-state index in [0.29, 0.717) is 17.0 Å². The van der Waals surface area contributed by atoms with Crippen LogP contribution in [0.5, 0.6) is 5.88 Å². The van der Waals surface area contributed by atoms with Gasteiger partial charge in [-0.3, -0.25) is 0 Å². The molecule has 0 bridgehead atoms. The second-order valence-corrected chi connectivity index (χ2v) is 6.03. The van der Waals surface area contributed by atoms with Crippen LogP contribution in [0, 0.1) is 20.8 Å². The molecule has 2 rings (SSSR count). The molecule has 0 fully saturated rings. The van der Waals surface area contributed by atoms with E-state index in [9.17, 15) is 13.0 Å². The Labute approximate surface area is 130 Å². The van der Waals surface area contributed by atoms with Crippen molar-refractivity contribution < 1.29 is 22.5 Å². The second kappa shape index (κ2) is 7.19. The number of ether oxygens (including phenoxy) is 1. The lowest BCUT2D eigenvalue weighted by Crippen LogP contribution is -2.47. The summed E-state index contributed by atoms with van der Waals surface area (Å²) >= 11 is 0. The Hall–Kier alpha value is -2.19. The van der Waals surface area contributed by atoms with E-state index in [2.05, 4.69) is 5.10 Å². The molecule has 120 valence electrons. The molecule has 0 aliphatic heterocycles. The summed E-state index contributed by atoms with van der Waals surface area (Å²) in [6.07, 6.45) is 1.63. The maximum Gasteiger partial charge on any atom is 0.281 e. The van der Waals surface area contributed by atoms with Crippen molar-refractivity contribution in [2.45, 2.75) is 25.7 Å². The first-order valence-electron chi connectivity index (χ1n) is 6.37. The molecule has 0 unspecified atom stereocenters. The number of benzene rings is 1. The summed E-state index contributed by atoms with van der Waals surface area (Å²) < 4.78 is 37.3. The fourth-order valence-corrected chi connectivity index (χ4v) is 2.97. The molecule has 1 heterocycles. The van der Waals surface area contributed by atoms with Gasteiger partial charge in [0.25, 0.3) is 5.88 Å². The van der Waals surface area contributed by atoms with E-state index in [0.717, 1.165) is 5.56 Å². The standard InChI is InChI=1S/C9H12O3S.C5H8N3O/c1-6-4-7(2)9(8(3)5-6)13(10,11)12;1-9-5-3-2-4-8(6)7-5/h4-5H,1-3H3,(H,10,11,12);2-4H,1H3,(H2,6,7)/q;+1/p-1. The third kappa shape index (κ3) is 4.97. The lowest BCUT2D eigenvalue weighted by molar-refractivity contribution is -0.700. The lowest BCUT2D eigenvalue weighted by Gasteiger charge is -2.14. The van der Waals surface area contributed by atoms with Crippen LogP contribution in [-0.2, 0) is 10.1 Å². The number of methoxy groups -OCH3 is 1. The van der Waals surface area contributed by atoms with Crippen LogP contribution in [0.25, 0.3) is 0 Å². The van der Waals surface area contributed by atoms with Crippen molar-refractivity contribution in [3.63, 3.8) is 0 Å². The van der Waals surface area contributed by atoms with Crippen molar-refractivity contribution in [3.05, 3.63) is 47.2 Å². The first-order valence-corrected chi connectivity index (χ1v) is 7.77. The van der Waals surface area contributed by atoms with Crippen molar-refractivity contribution in [2.24, 2.45) is 0 Å². The van der Waals surface area contributed by atoms with E-state index >= 15 is 0 Å². The summed E-state index contributed by atoms with van der Waals surface area (Å²) in [5.41, 5.74) is 2.00. The molecule has 1 aromatic carbocycles. The monoisotopic (exact) mass is 325 g/mol. The molecule has 22 heavy (non-hydrogen) atoms. The van der Waals surface area contributed by atoms with Gasteiger partial charge in [0, 0.05) is 16.9 Å². The molecule has 7 nitrogen and oxygen atoms in total. The highest BCUT2D eigenvalue weighted by molar-refractivity contribution is 7.85. The SMILES string of the molecule is COc1ccc[n+](N)n1.Cc1cc(C)c(S(=O)(=O)[O-])c(C)c1. The Bertz CT molecular complexity index is 737. The van der Waals surface area contributed by atoms with Crippen LogP contribution in [0.15, 0.2) is 35.4 Å². The highest BCUT2D eigenvalue weighted by Crippen LogP contribution is 2.20. The molecule has 8 heteroatoms. The number of nitrogen functional groups attached to an aromatic ring is 1. The summed E-state index contributed by atoms with van der Waals surface area (Å²) in [5, 5.41) is 3.76. The minimum absolute atomic E-state index is 0.0851. The van der Waals surface area contributed by atoms with E-state index < -0.39 is 10.1 Å². The third-order valence-corrected chi connectivity index (χ3v) is 3.90. The predicted molar refractivity (Wildman–Crippen MR) is 79.8 cm³/mol. The highest BCUT2D eigenvalue weighted by Gasteiger charge is 2.09. The number of aryl methyl sites for hydroxylation is 3. The summed E-state index contributed by atoms with van der Waals surface area (Å²) in [7, 11) is -2.79. The van der Waals surface area contributed by atoms with Crippen LogP contribution in [0.3, 0.4) is 0 Å². The van der Waals surface area contributed by atoms with Crippen LogP contribution in [-0.4, -0.2) is 25.2 Å². The molecule has 0 amide bonds. The molecule has 0 aliphatic rings. The molecule has 2 N–H and O–H groups in total. The number of nitrogens with zero attached hydrogens (tertiary/aromatic N) is 2. The fraction of sp³-hybridized carbons (Fsp3) is 0.286. The molecule has 0 saturated heterocycles. The van der Waals surface area contributed by atoms with Gasteiger partial charge in [0.1, 0.15) is 10.1 Å². The summed E-state index contributed by atoms with van der Waals surface area (Å²) in [6.45, 7) is 5.12. The summed E-state index contributed by atoms with van der Waals surface area (Å²) in [6, 6.07) is 6.87. The van der Waals surface area contributed by atoms with Gasteiger partial charge in [-0.25, -0.2) is 8.42 Å². The smallest absolute Gasteiger partial charge is 0.281 e. The maximum atomic E-state index is 10.8. The molecule has 0 saturated carbocycles. The average molecular weight is 325 g/mol. The number of hydrogen-bond acceptors (Lipinski definition) is 6. The van der Waals surface area contributed by atoms with Crippen molar-refractivity contribution in [2.75, 3.05) is 13.0 Å². The van der Waals surface area contributed by atoms with E-state index in [1.807, 2.05) is 6.92 Å². The van der Waals surface area contributed by atoms with Gasteiger partial charge < -0.3 is 9.29 Å². The maximum absolute atomic E-state index is 10.8. The molecule has 0 aliphatic carbocycles. The van der Waals surface area contributed by atoms with Gasteiger partial charge >= 0.3 is 0 Å². The number of hydrogen-bond donors (Lipinski definition) is 1. The van der Waals surface area contributed by atoms with Gasteiger partial charge in [0.05, 0.1) is 17.1 Å². The van der Waals surface area contributed by atoms with Crippen molar-refractivity contribution >= 4 is 10.1 Å². The Kier molecular flexibility index (Phi) is 5.84. The third-order valence-electron chi connectivity index (χ3n) is 2.76. The van der Waals surface area contributed by atoms with E-state index in [-0.39, 0.29) is 4.90 Å². The fourth-order valence-electron chi connectivity index (χ4n) is 2.06. The number of rotatable bonds is 2. The Balaban J connectivity index is 0.000000235. The van der Waals surface area contributed by atoms with Gasteiger partial charge in [-0.15, -0.1) is 0 Å².